The number of para-hydroxylation sites is 1. The Bertz CT molecular complexity index is 1630. The van der Waals surface area contributed by atoms with Crippen molar-refractivity contribution in [3.8, 4) is 0 Å². The smallest absolute Gasteiger partial charge is 0.246 e. The Balaban J connectivity index is 1.42. The lowest BCUT2D eigenvalue weighted by Crippen LogP contribution is -2.18. The van der Waals surface area contributed by atoms with Gasteiger partial charge in [-0.2, -0.15) is 0 Å². The molecule has 0 radical (unpaired) electrons. The predicted octanol–water partition coefficient (Wildman–Crippen LogP) is 5.48. The highest BCUT2D eigenvalue weighted by atomic mass is 32.2. The first-order valence-electron chi connectivity index (χ1n) is 10.8. The average molecular weight is 490 g/mol. The standard InChI is InChI=1S/C26H23N3O3S2/c1-17-7-10-19(11-8-17)16-34(31,32)24-14-29(22-6-4-3-5-20(22)24)15-25(30)28-26-27-21-12-9-18(2)13-23(21)33-26/h3-14H,15-16H2,1-2H3,(H,27,28,30). The number of sulfone groups is 1. The number of thiazole rings is 1. The van der Waals surface area contributed by atoms with Gasteiger partial charge in [-0.25, -0.2) is 13.4 Å². The molecule has 172 valence electrons. The molecule has 0 saturated carbocycles. The van der Waals surface area contributed by atoms with Gasteiger partial charge in [0.05, 0.1) is 20.9 Å². The fourth-order valence-corrected chi connectivity index (χ4v) is 6.53. The van der Waals surface area contributed by atoms with Gasteiger partial charge in [-0.15, -0.1) is 0 Å². The van der Waals surface area contributed by atoms with Crippen molar-refractivity contribution >= 4 is 53.3 Å². The Kier molecular flexibility index (Phi) is 5.71. The van der Waals surface area contributed by atoms with E-state index in [4.69, 9.17) is 0 Å². The molecule has 0 spiro atoms. The molecule has 34 heavy (non-hydrogen) atoms. The van der Waals surface area contributed by atoms with Crippen LogP contribution in [-0.4, -0.2) is 23.9 Å². The Morgan fingerprint density at radius 1 is 1.00 bits per heavy atom. The second-order valence-electron chi connectivity index (χ2n) is 8.42. The third-order valence-corrected chi connectivity index (χ3v) is 8.31. The summed E-state index contributed by atoms with van der Waals surface area (Å²) >= 11 is 1.42. The molecule has 5 aromatic rings. The molecular weight excluding hydrogens is 466 g/mol. The van der Waals surface area contributed by atoms with Crippen LogP contribution >= 0.6 is 11.3 Å². The topological polar surface area (TPSA) is 81.1 Å². The van der Waals surface area contributed by atoms with Gasteiger partial charge in [0.1, 0.15) is 6.54 Å². The molecule has 0 aliphatic heterocycles. The van der Waals surface area contributed by atoms with Crippen molar-refractivity contribution in [2.75, 3.05) is 5.32 Å². The van der Waals surface area contributed by atoms with Crippen LogP contribution in [-0.2, 0) is 26.9 Å². The molecule has 0 atom stereocenters. The maximum absolute atomic E-state index is 13.3. The normalized spacial score (nSPS) is 11.8. The molecule has 0 saturated heterocycles. The fraction of sp³-hybridized carbons (Fsp3) is 0.154. The van der Waals surface area contributed by atoms with Gasteiger partial charge in [-0.3, -0.25) is 4.79 Å². The first-order valence-corrected chi connectivity index (χ1v) is 13.3. The van der Waals surface area contributed by atoms with E-state index in [1.807, 2.05) is 68.4 Å². The van der Waals surface area contributed by atoms with E-state index in [1.165, 1.54) is 11.3 Å². The molecule has 1 N–H and O–H groups in total. The molecule has 6 nitrogen and oxygen atoms in total. The van der Waals surface area contributed by atoms with Gasteiger partial charge in [0.25, 0.3) is 0 Å². The van der Waals surface area contributed by atoms with Crippen LogP contribution in [0.5, 0.6) is 0 Å². The summed E-state index contributed by atoms with van der Waals surface area (Å²) in [7, 11) is -3.61. The Labute approximate surface area is 201 Å². The van der Waals surface area contributed by atoms with Gasteiger partial charge in [-0.1, -0.05) is 65.4 Å². The summed E-state index contributed by atoms with van der Waals surface area (Å²) in [5, 5.41) is 3.99. The Morgan fingerprint density at radius 2 is 1.74 bits per heavy atom. The number of hydrogen-bond donors (Lipinski definition) is 1. The first-order chi connectivity index (χ1) is 16.3. The van der Waals surface area contributed by atoms with Gasteiger partial charge in [0.2, 0.25) is 5.91 Å². The van der Waals surface area contributed by atoms with E-state index in [0.29, 0.717) is 16.0 Å². The largest absolute Gasteiger partial charge is 0.337 e. The third kappa shape index (κ3) is 4.47. The molecule has 0 fully saturated rings. The highest BCUT2D eigenvalue weighted by Crippen LogP contribution is 2.29. The van der Waals surface area contributed by atoms with Crippen LogP contribution in [0.4, 0.5) is 5.13 Å². The lowest BCUT2D eigenvalue weighted by molar-refractivity contribution is -0.116. The van der Waals surface area contributed by atoms with Gasteiger partial charge >= 0.3 is 0 Å². The molecule has 2 heterocycles. The molecule has 3 aromatic carbocycles. The number of amides is 1. The molecule has 8 heteroatoms. The monoisotopic (exact) mass is 489 g/mol. The minimum atomic E-state index is -3.61. The minimum absolute atomic E-state index is 0.0183. The molecule has 1 amide bonds. The van der Waals surface area contributed by atoms with Crippen LogP contribution in [0.15, 0.2) is 77.8 Å². The number of aryl methyl sites for hydroxylation is 2. The van der Waals surface area contributed by atoms with E-state index in [1.54, 1.807) is 22.9 Å². The first kappa shape index (κ1) is 22.3. The third-order valence-electron chi connectivity index (χ3n) is 5.67. The highest BCUT2D eigenvalue weighted by molar-refractivity contribution is 7.90. The second kappa shape index (κ2) is 8.70. The summed E-state index contributed by atoms with van der Waals surface area (Å²) in [4.78, 5) is 17.5. The van der Waals surface area contributed by atoms with E-state index in [2.05, 4.69) is 10.3 Å². The summed E-state index contributed by atoms with van der Waals surface area (Å²) in [5.41, 5.74) is 4.47. The lowest BCUT2D eigenvalue weighted by atomic mass is 10.2. The van der Waals surface area contributed by atoms with Crippen molar-refractivity contribution in [1.29, 1.82) is 0 Å². The highest BCUT2D eigenvalue weighted by Gasteiger charge is 2.22. The number of hydrogen-bond acceptors (Lipinski definition) is 5. The quantitative estimate of drug-likeness (QED) is 0.342. The van der Waals surface area contributed by atoms with Gasteiger partial charge in [0.15, 0.2) is 15.0 Å². The van der Waals surface area contributed by atoms with Crippen molar-refractivity contribution < 1.29 is 13.2 Å². The maximum Gasteiger partial charge on any atom is 0.246 e. The van der Waals surface area contributed by atoms with Crippen LogP contribution in [0.1, 0.15) is 16.7 Å². The summed E-state index contributed by atoms with van der Waals surface area (Å²) in [5.74, 6) is -0.363. The van der Waals surface area contributed by atoms with Crippen molar-refractivity contribution in [3.63, 3.8) is 0 Å². The van der Waals surface area contributed by atoms with E-state index in [-0.39, 0.29) is 23.1 Å². The number of carbonyl (C=O) groups is 1. The number of nitrogens with one attached hydrogen (secondary N) is 1. The van der Waals surface area contributed by atoms with Crippen molar-refractivity contribution in [3.05, 3.63) is 89.6 Å². The molecule has 0 aliphatic carbocycles. The Hall–Kier alpha value is -3.49. The zero-order valence-corrected chi connectivity index (χ0v) is 20.4. The van der Waals surface area contributed by atoms with Crippen molar-refractivity contribution in [2.45, 2.75) is 31.0 Å². The molecule has 2 aromatic heterocycles. The average Bonchev–Trinajstić information content (AvgIpc) is 3.36. The number of nitrogens with zero attached hydrogens (tertiary/aromatic N) is 2. The summed E-state index contributed by atoms with van der Waals surface area (Å²) in [6.45, 7) is 3.96. The van der Waals surface area contributed by atoms with E-state index in [0.717, 1.165) is 26.9 Å². The van der Waals surface area contributed by atoms with Gasteiger partial charge < -0.3 is 9.88 Å². The van der Waals surface area contributed by atoms with E-state index < -0.39 is 9.84 Å². The predicted molar refractivity (Wildman–Crippen MR) is 137 cm³/mol. The van der Waals surface area contributed by atoms with Crippen LogP contribution in [0, 0.1) is 13.8 Å². The summed E-state index contributed by atoms with van der Waals surface area (Å²) < 4.78 is 29.3. The number of benzene rings is 3. The molecule has 0 unspecified atom stereocenters. The van der Waals surface area contributed by atoms with Gasteiger partial charge in [0, 0.05) is 17.1 Å². The Morgan fingerprint density at radius 3 is 2.53 bits per heavy atom. The zero-order chi connectivity index (χ0) is 23.9. The number of aromatic nitrogens is 2. The number of fused-ring (bicyclic) bond motifs is 2. The fourth-order valence-electron chi connectivity index (χ4n) is 3.97. The SMILES string of the molecule is Cc1ccc(CS(=O)(=O)c2cn(CC(=O)Nc3nc4ccc(C)cc4s3)c3ccccc23)cc1. The van der Waals surface area contributed by atoms with E-state index >= 15 is 0 Å². The van der Waals surface area contributed by atoms with Crippen LogP contribution in [0.25, 0.3) is 21.1 Å². The molecule has 0 bridgehead atoms. The lowest BCUT2D eigenvalue weighted by Gasteiger charge is -2.05. The molecule has 0 aliphatic rings. The van der Waals surface area contributed by atoms with Gasteiger partial charge in [-0.05, 0) is 43.2 Å². The maximum atomic E-state index is 13.3. The molecular formula is C26H23N3O3S2. The number of carbonyl (C=O) groups excluding carboxylic acids is 1. The van der Waals surface area contributed by atoms with Crippen molar-refractivity contribution in [1.82, 2.24) is 9.55 Å². The van der Waals surface area contributed by atoms with E-state index in [9.17, 15) is 13.2 Å². The summed E-state index contributed by atoms with van der Waals surface area (Å²) in [6.07, 6.45) is 1.56. The minimum Gasteiger partial charge on any atom is -0.337 e. The second-order valence-corrected chi connectivity index (χ2v) is 11.4. The summed E-state index contributed by atoms with van der Waals surface area (Å²) in [6, 6.07) is 20.7. The van der Waals surface area contributed by atoms with Crippen LogP contribution in [0.2, 0.25) is 0 Å². The van der Waals surface area contributed by atoms with Crippen molar-refractivity contribution in [2.24, 2.45) is 0 Å². The molecule has 5 rings (SSSR count). The van der Waals surface area contributed by atoms with Crippen LogP contribution in [0.3, 0.4) is 0 Å². The number of anilines is 1. The van der Waals surface area contributed by atoms with Crippen LogP contribution < -0.4 is 5.32 Å². The number of rotatable bonds is 6. The zero-order valence-electron chi connectivity index (χ0n) is 18.8.